The molecular weight excluding hydrogens is 364 g/mol. The third-order valence-electron chi connectivity index (χ3n) is 5.43. The zero-order valence-electron chi connectivity index (χ0n) is 16.4. The summed E-state index contributed by atoms with van der Waals surface area (Å²) in [6.07, 6.45) is 3.68. The van der Waals surface area contributed by atoms with Gasteiger partial charge in [0.15, 0.2) is 9.84 Å². The molecular formula is C21H30O5S. The van der Waals surface area contributed by atoms with Crippen LogP contribution in [0.3, 0.4) is 0 Å². The molecule has 2 rings (SSSR count). The van der Waals surface area contributed by atoms with Crippen molar-refractivity contribution in [2.45, 2.75) is 57.6 Å². The molecule has 0 spiro atoms. The largest absolute Gasteiger partial charge is 0.469 e. The predicted molar refractivity (Wildman–Crippen MR) is 105 cm³/mol. The maximum absolute atomic E-state index is 12.6. The van der Waals surface area contributed by atoms with E-state index >= 15 is 0 Å². The number of benzene rings is 1. The van der Waals surface area contributed by atoms with E-state index in [2.05, 4.69) is 4.74 Å². The van der Waals surface area contributed by atoms with Crippen molar-refractivity contribution in [3.05, 3.63) is 35.4 Å². The van der Waals surface area contributed by atoms with E-state index in [9.17, 15) is 18.0 Å². The summed E-state index contributed by atoms with van der Waals surface area (Å²) in [6.45, 7) is 3.44. The first-order valence-corrected chi connectivity index (χ1v) is 11.3. The number of sulfone groups is 1. The van der Waals surface area contributed by atoms with Gasteiger partial charge in [0, 0.05) is 12.3 Å². The van der Waals surface area contributed by atoms with E-state index in [0.717, 1.165) is 36.8 Å². The Bertz CT molecular complexity index is 759. The van der Waals surface area contributed by atoms with E-state index in [4.69, 9.17) is 0 Å². The number of ketones is 1. The van der Waals surface area contributed by atoms with Crippen LogP contribution >= 0.6 is 0 Å². The minimum absolute atomic E-state index is 0.00673. The summed E-state index contributed by atoms with van der Waals surface area (Å²) >= 11 is 0. The molecule has 0 radical (unpaired) electrons. The Labute approximate surface area is 162 Å². The zero-order chi connectivity index (χ0) is 20.0. The highest BCUT2D eigenvalue weighted by Gasteiger charge is 2.29. The van der Waals surface area contributed by atoms with Crippen LogP contribution in [0.25, 0.3) is 0 Å². The summed E-state index contributed by atoms with van der Waals surface area (Å²) in [6, 6.07) is 7.50. The molecule has 0 saturated heterocycles. The van der Waals surface area contributed by atoms with E-state index in [1.165, 1.54) is 7.11 Å². The molecule has 27 heavy (non-hydrogen) atoms. The Morgan fingerprint density at radius 3 is 2.22 bits per heavy atom. The first-order valence-electron chi connectivity index (χ1n) is 9.60. The molecule has 1 saturated carbocycles. The summed E-state index contributed by atoms with van der Waals surface area (Å²) in [5, 5.41) is -0.339. The van der Waals surface area contributed by atoms with Crippen molar-refractivity contribution in [2.75, 3.05) is 12.9 Å². The fraction of sp³-hybridized carbons (Fsp3) is 0.619. The summed E-state index contributed by atoms with van der Waals surface area (Å²) in [5.74, 6) is 0.321. The number of esters is 1. The topological polar surface area (TPSA) is 77.5 Å². The standard InChI is InChI=1S/C21H30O5S/c1-15(2)27(24,25)14-16-7-9-19(10-8-16)20(22)12-17-5-4-6-18(11-17)13-21(23)26-3/h4-6,11,15-16,19H,7-10,12-14H2,1-3H3. The number of hydrogen-bond acceptors (Lipinski definition) is 5. The van der Waals surface area contributed by atoms with E-state index in [0.29, 0.717) is 6.42 Å². The molecule has 0 unspecified atom stereocenters. The maximum atomic E-state index is 12.6. The molecule has 1 aliphatic rings. The van der Waals surface area contributed by atoms with E-state index in [1.54, 1.807) is 13.8 Å². The summed E-state index contributed by atoms with van der Waals surface area (Å²) < 4.78 is 28.9. The fourth-order valence-electron chi connectivity index (χ4n) is 3.61. The second kappa shape index (κ2) is 9.49. The summed E-state index contributed by atoms with van der Waals surface area (Å²) in [5.41, 5.74) is 1.75. The zero-order valence-corrected chi connectivity index (χ0v) is 17.3. The SMILES string of the molecule is COC(=O)Cc1cccc(CC(=O)C2CCC(CS(=O)(=O)C(C)C)CC2)c1. The van der Waals surface area contributed by atoms with Crippen molar-refractivity contribution >= 4 is 21.6 Å². The minimum atomic E-state index is -3.02. The fourth-order valence-corrected chi connectivity index (χ4v) is 4.98. The van der Waals surface area contributed by atoms with Gasteiger partial charge < -0.3 is 4.74 Å². The highest BCUT2D eigenvalue weighted by atomic mass is 32.2. The van der Waals surface area contributed by atoms with Gasteiger partial charge in [-0.1, -0.05) is 24.3 Å². The number of hydrogen-bond donors (Lipinski definition) is 0. The maximum Gasteiger partial charge on any atom is 0.309 e. The van der Waals surface area contributed by atoms with Crippen LogP contribution < -0.4 is 0 Å². The van der Waals surface area contributed by atoms with Crippen LogP contribution in [0.1, 0.15) is 50.7 Å². The van der Waals surface area contributed by atoms with E-state index in [1.807, 2.05) is 24.3 Å². The highest BCUT2D eigenvalue weighted by Crippen LogP contribution is 2.31. The van der Waals surface area contributed by atoms with Gasteiger partial charge in [-0.15, -0.1) is 0 Å². The molecule has 6 heteroatoms. The first-order chi connectivity index (χ1) is 12.7. The van der Waals surface area contributed by atoms with Crippen LogP contribution in [0.2, 0.25) is 0 Å². The van der Waals surface area contributed by atoms with Crippen LogP contribution in [-0.2, 0) is 37.0 Å². The lowest BCUT2D eigenvalue weighted by Gasteiger charge is -2.28. The quantitative estimate of drug-likeness (QED) is 0.633. The van der Waals surface area contributed by atoms with Crippen LogP contribution in [0.5, 0.6) is 0 Å². The molecule has 5 nitrogen and oxygen atoms in total. The molecule has 1 aliphatic carbocycles. The highest BCUT2D eigenvalue weighted by molar-refractivity contribution is 7.91. The Kier molecular flexibility index (Phi) is 7.59. The third-order valence-corrected chi connectivity index (χ3v) is 7.81. The minimum Gasteiger partial charge on any atom is -0.469 e. The second-order valence-corrected chi connectivity index (χ2v) is 10.4. The van der Waals surface area contributed by atoms with Crippen LogP contribution in [-0.4, -0.2) is 38.3 Å². The monoisotopic (exact) mass is 394 g/mol. The molecule has 0 atom stereocenters. The number of ether oxygens (including phenoxy) is 1. The Morgan fingerprint density at radius 1 is 1.07 bits per heavy atom. The van der Waals surface area contributed by atoms with Crippen LogP contribution in [0.15, 0.2) is 24.3 Å². The average molecular weight is 395 g/mol. The smallest absolute Gasteiger partial charge is 0.309 e. The van der Waals surface area contributed by atoms with Gasteiger partial charge in [0.05, 0.1) is 24.5 Å². The Balaban J connectivity index is 1.88. The Hall–Kier alpha value is -1.69. The number of carbonyl (C=O) groups excluding carboxylic acids is 2. The first kappa shape index (κ1) is 21.6. The molecule has 0 heterocycles. The average Bonchev–Trinajstić information content (AvgIpc) is 2.62. The third kappa shape index (κ3) is 6.45. The van der Waals surface area contributed by atoms with Gasteiger partial charge >= 0.3 is 5.97 Å². The van der Waals surface area contributed by atoms with Gasteiger partial charge in [-0.05, 0) is 56.6 Å². The van der Waals surface area contributed by atoms with Gasteiger partial charge in [-0.25, -0.2) is 8.42 Å². The molecule has 0 N–H and O–H groups in total. The molecule has 1 fully saturated rings. The number of Topliss-reactive ketones (excluding diaryl/α,β-unsaturated/α-hetero) is 1. The summed E-state index contributed by atoms with van der Waals surface area (Å²) in [7, 11) is -1.66. The van der Waals surface area contributed by atoms with Gasteiger partial charge in [-0.2, -0.15) is 0 Å². The lowest BCUT2D eigenvalue weighted by atomic mass is 9.79. The number of carbonyl (C=O) groups is 2. The molecule has 0 amide bonds. The van der Waals surface area contributed by atoms with Gasteiger partial charge in [0.2, 0.25) is 0 Å². The molecule has 0 aliphatic heterocycles. The van der Waals surface area contributed by atoms with Crippen molar-refractivity contribution in [2.24, 2.45) is 11.8 Å². The van der Waals surface area contributed by atoms with Crippen molar-refractivity contribution in [1.29, 1.82) is 0 Å². The lowest BCUT2D eigenvalue weighted by molar-refractivity contribution is -0.139. The van der Waals surface area contributed by atoms with Crippen molar-refractivity contribution in [3.63, 3.8) is 0 Å². The normalized spacial score (nSPS) is 20.4. The molecule has 1 aromatic rings. The number of methoxy groups -OCH3 is 1. The number of rotatable bonds is 8. The van der Waals surface area contributed by atoms with Crippen molar-refractivity contribution < 1.29 is 22.7 Å². The van der Waals surface area contributed by atoms with Crippen LogP contribution in [0, 0.1) is 11.8 Å². The molecule has 0 aromatic heterocycles. The van der Waals surface area contributed by atoms with E-state index < -0.39 is 9.84 Å². The van der Waals surface area contributed by atoms with Crippen molar-refractivity contribution in [3.8, 4) is 0 Å². The molecule has 1 aromatic carbocycles. The Morgan fingerprint density at radius 2 is 1.67 bits per heavy atom. The molecule has 150 valence electrons. The van der Waals surface area contributed by atoms with Gasteiger partial charge in [-0.3, -0.25) is 9.59 Å². The van der Waals surface area contributed by atoms with Crippen molar-refractivity contribution in [1.82, 2.24) is 0 Å². The predicted octanol–water partition coefficient (Wildman–Crippen LogP) is 3.14. The van der Waals surface area contributed by atoms with E-state index in [-0.39, 0.29) is 41.0 Å². The lowest BCUT2D eigenvalue weighted by Crippen LogP contribution is -2.29. The van der Waals surface area contributed by atoms with Gasteiger partial charge in [0.1, 0.15) is 5.78 Å². The summed E-state index contributed by atoms with van der Waals surface area (Å²) in [4.78, 5) is 24.0. The molecule has 0 bridgehead atoms. The van der Waals surface area contributed by atoms with Crippen LogP contribution in [0.4, 0.5) is 0 Å². The second-order valence-electron chi connectivity index (χ2n) is 7.81. The van der Waals surface area contributed by atoms with Gasteiger partial charge in [0.25, 0.3) is 0 Å².